The van der Waals surface area contributed by atoms with Crippen LogP contribution in [0.5, 0.6) is 0 Å². The SMILES string of the molecule is Brc1cccc2oc3c(c4ccccc4n3-c3ccccc3)c12. The van der Waals surface area contributed by atoms with Gasteiger partial charge in [-0.1, -0.05) is 58.4 Å². The van der Waals surface area contributed by atoms with Crippen molar-refractivity contribution in [1.82, 2.24) is 4.57 Å². The zero-order chi connectivity index (χ0) is 15.4. The van der Waals surface area contributed by atoms with Gasteiger partial charge in [0.05, 0.1) is 10.9 Å². The minimum Gasteiger partial charge on any atom is -0.439 e. The van der Waals surface area contributed by atoms with Gasteiger partial charge in [0.25, 0.3) is 0 Å². The third-order valence-corrected chi connectivity index (χ3v) is 4.94. The Kier molecular flexibility index (Phi) is 2.67. The van der Waals surface area contributed by atoms with E-state index < -0.39 is 0 Å². The van der Waals surface area contributed by atoms with Crippen LogP contribution in [0.3, 0.4) is 0 Å². The maximum Gasteiger partial charge on any atom is 0.213 e. The van der Waals surface area contributed by atoms with Gasteiger partial charge in [-0.15, -0.1) is 0 Å². The molecule has 0 amide bonds. The van der Waals surface area contributed by atoms with Crippen molar-refractivity contribution < 1.29 is 4.42 Å². The van der Waals surface area contributed by atoms with E-state index in [1.165, 1.54) is 5.39 Å². The van der Waals surface area contributed by atoms with Gasteiger partial charge in [-0.3, -0.25) is 4.57 Å². The van der Waals surface area contributed by atoms with Gasteiger partial charge < -0.3 is 4.42 Å². The molecule has 2 nitrogen and oxygen atoms in total. The second kappa shape index (κ2) is 4.74. The first-order chi connectivity index (χ1) is 11.3. The second-order valence-electron chi connectivity index (χ2n) is 5.58. The van der Waals surface area contributed by atoms with Crippen LogP contribution in [0.1, 0.15) is 0 Å². The zero-order valence-electron chi connectivity index (χ0n) is 12.2. The van der Waals surface area contributed by atoms with Crippen LogP contribution in [-0.4, -0.2) is 4.57 Å². The predicted molar refractivity (Wildman–Crippen MR) is 98.3 cm³/mol. The van der Waals surface area contributed by atoms with Crippen molar-refractivity contribution in [2.24, 2.45) is 0 Å². The number of hydrogen-bond acceptors (Lipinski definition) is 1. The molecular weight excluding hydrogens is 350 g/mol. The molecule has 110 valence electrons. The summed E-state index contributed by atoms with van der Waals surface area (Å²) in [6.07, 6.45) is 0. The van der Waals surface area contributed by atoms with Gasteiger partial charge in [0.1, 0.15) is 5.58 Å². The summed E-state index contributed by atoms with van der Waals surface area (Å²) in [7, 11) is 0. The van der Waals surface area contributed by atoms with E-state index in [4.69, 9.17) is 4.42 Å². The summed E-state index contributed by atoms with van der Waals surface area (Å²) in [5.41, 5.74) is 4.05. The molecule has 0 atom stereocenters. The molecule has 5 rings (SSSR count). The summed E-state index contributed by atoms with van der Waals surface area (Å²) in [5.74, 6) is 0. The molecule has 0 spiro atoms. The van der Waals surface area contributed by atoms with Crippen LogP contribution in [0.4, 0.5) is 0 Å². The van der Waals surface area contributed by atoms with E-state index >= 15 is 0 Å². The van der Waals surface area contributed by atoms with E-state index in [1.807, 2.05) is 18.2 Å². The Morgan fingerprint density at radius 1 is 0.739 bits per heavy atom. The van der Waals surface area contributed by atoms with E-state index in [-0.39, 0.29) is 0 Å². The molecule has 2 heterocycles. The topological polar surface area (TPSA) is 18.1 Å². The lowest BCUT2D eigenvalue weighted by Crippen LogP contribution is -1.91. The Labute approximate surface area is 141 Å². The second-order valence-corrected chi connectivity index (χ2v) is 6.44. The molecular formula is C20H12BrNO. The minimum atomic E-state index is 0.888. The summed E-state index contributed by atoms with van der Waals surface area (Å²) < 4.78 is 9.49. The summed E-state index contributed by atoms with van der Waals surface area (Å²) in [6, 6.07) is 24.9. The van der Waals surface area contributed by atoms with Gasteiger partial charge in [-0.05, 0) is 30.3 Å². The highest BCUT2D eigenvalue weighted by atomic mass is 79.9. The van der Waals surface area contributed by atoms with E-state index in [0.717, 1.165) is 37.7 Å². The third kappa shape index (κ3) is 1.74. The van der Waals surface area contributed by atoms with E-state index in [2.05, 4.69) is 75.1 Å². The number of rotatable bonds is 1. The Hall–Kier alpha value is -2.52. The highest BCUT2D eigenvalue weighted by Crippen LogP contribution is 2.41. The van der Waals surface area contributed by atoms with Crippen LogP contribution in [0, 0.1) is 0 Å². The highest BCUT2D eigenvalue weighted by Gasteiger charge is 2.19. The maximum atomic E-state index is 6.24. The minimum absolute atomic E-state index is 0.888. The molecule has 0 saturated carbocycles. The highest BCUT2D eigenvalue weighted by molar-refractivity contribution is 9.10. The molecule has 0 bridgehead atoms. The third-order valence-electron chi connectivity index (χ3n) is 4.28. The molecule has 0 N–H and O–H groups in total. The predicted octanol–water partition coefficient (Wildman–Crippen LogP) is 6.29. The van der Waals surface area contributed by atoms with Gasteiger partial charge in [-0.2, -0.15) is 0 Å². The standard InChI is InChI=1S/C20H12BrNO/c21-15-10-6-12-17-19(15)18-14-9-4-5-11-16(14)22(20(18)23-17)13-7-2-1-3-8-13/h1-12H. The molecule has 0 radical (unpaired) electrons. The van der Waals surface area contributed by atoms with Crippen LogP contribution >= 0.6 is 15.9 Å². The molecule has 0 aliphatic rings. The first kappa shape index (κ1) is 13.0. The average molecular weight is 362 g/mol. The van der Waals surface area contributed by atoms with E-state index in [1.54, 1.807) is 0 Å². The number of halogens is 1. The smallest absolute Gasteiger partial charge is 0.213 e. The van der Waals surface area contributed by atoms with Gasteiger partial charge in [0, 0.05) is 20.9 Å². The quantitative estimate of drug-likeness (QED) is 0.343. The molecule has 23 heavy (non-hydrogen) atoms. The molecule has 0 fully saturated rings. The fourth-order valence-electron chi connectivity index (χ4n) is 3.32. The van der Waals surface area contributed by atoms with Crippen molar-refractivity contribution in [2.75, 3.05) is 0 Å². The van der Waals surface area contributed by atoms with Crippen LogP contribution in [-0.2, 0) is 0 Å². The van der Waals surface area contributed by atoms with Gasteiger partial charge >= 0.3 is 0 Å². The Balaban J connectivity index is 2.08. The lowest BCUT2D eigenvalue weighted by Gasteiger charge is -2.05. The number of furan rings is 1. The van der Waals surface area contributed by atoms with Crippen molar-refractivity contribution in [1.29, 1.82) is 0 Å². The lowest BCUT2D eigenvalue weighted by atomic mass is 10.1. The Morgan fingerprint density at radius 2 is 1.52 bits per heavy atom. The lowest BCUT2D eigenvalue weighted by molar-refractivity contribution is 0.645. The van der Waals surface area contributed by atoms with Crippen LogP contribution < -0.4 is 0 Å². The molecule has 0 aliphatic heterocycles. The maximum absolute atomic E-state index is 6.24. The van der Waals surface area contributed by atoms with Crippen molar-refractivity contribution in [3.63, 3.8) is 0 Å². The first-order valence-corrected chi connectivity index (χ1v) is 8.29. The van der Waals surface area contributed by atoms with Crippen LogP contribution in [0.25, 0.3) is 38.7 Å². The van der Waals surface area contributed by atoms with Crippen molar-refractivity contribution >= 4 is 48.9 Å². The van der Waals surface area contributed by atoms with Gasteiger partial charge in [0.15, 0.2) is 0 Å². The van der Waals surface area contributed by atoms with Gasteiger partial charge in [-0.25, -0.2) is 0 Å². The molecule has 3 heteroatoms. The summed E-state index contributed by atoms with van der Waals surface area (Å²) in [5, 5.41) is 3.50. The fourth-order valence-corrected chi connectivity index (χ4v) is 3.87. The molecule has 0 unspecified atom stereocenters. The fraction of sp³-hybridized carbons (Fsp3) is 0. The zero-order valence-corrected chi connectivity index (χ0v) is 13.7. The van der Waals surface area contributed by atoms with Crippen molar-refractivity contribution in [2.45, 2.75) is 0 Å². The normalized spacial score (nSPS) is 11.7. The summed E-state index contributed by atoms with van der Waals surface area (Å²) >= 11 is 3.68. The molecule has 3 aromatic carbocycles. The van der Waals surface area contributed by atoms with Crippen molar-refractivity contribution in [3.8, 4) is 5.69 Å². The Morgan fingerprint density at radius 3 is 2.39 bits per heavy atom. The number of nitrogens with zero attached hydrogens (tertiary/aromatic N) is 1. The van der Waals surface area contributed by atoms with Crippen LogP contribution in [0.15, 0.2) is 81.7 Å². The summed E-state index contributed by atoms with van der Waals surface area (Å²) in [4.78, 5) is 0. The molecule has 0 saturated heterocycles. The monoisotopic (exact) mass is 361 g/mol. The van der Waals surface area contributed by atoms with Crippen LogP contribution in [0.2, 0.25) is 0 Å². The molecule has 2 aromatic heterocycles. The van der Waals surface area contributed by atoms with Crippen molar-refractivity contribution in [3.05, 3.63) is 77.3 Å². The number of para-hydroxylation sites is 2. The number of hydrogen-bond donors (Lipinski definition) is 0. The molecule has 5 aromatic rings. The Bertz CT molecular complexity index is 1170. The largest absolute Gasteiger partial charge is 0.439 e. The van der Waals surface area contributed by atoms with Gasteiger partial charge in [0.2, 0.25) is 5.71 Å². The number of benzene rings is 3. The van der Waals surface area contributed by atoms with E-state index in [0.29, 0.717) is 0 Å². The average Bonchev–Trinajstić information content (AvgIpc) is 3.10. The number of aromatic nitrogens is 1. The first-order valence-electron chi connectivity index (χ1n) is 7.50. The molecule has 0 aliphatic carbocycles. The van der Waals surface area contributed by atoms with E-state index in [9.17, 15) is 0 Å². The summed E-state index contributed by atoms with van der Waals surface area (Å²) in [6.45, 7) is 0. The number of fused-ring (bicyclic) bond motifs is 5.